The van der Waals surface area contributed by atoms with E-state index >= 15 is 0 Å². The fourth-order valence-corrected chi connectivity index (χ4v) is 2.56. The van der Waals surface area contributed by atoms with Crippen LogP contribution in [0.4, 0.5) is 4.39 Å². The van der Waals surface area contributed by atoms with Crippen LogP contribution in [-0.4, -0.2) is 37.2 Å². The first-order valence-electron chi connectivity index (χ1n) is 6.49. The highest BCUT2D eigenvalue weighted by Gasteiger charge is 2.32. The molecule has 0 saturated carbocycles. The van der Waals surface area contributed by atoms with Crippen LogP contribution in [0, 0.1) is 12.7 Å². The predicted octanol–water partition coefficient (Wildman–Crippen LogP) is 1.85. The lowest BCUT2D eigenvalue weighted by molar-refractivity contribution is -0.0659. The molecule has 1 aliphatic heterocycles. The van der Waals surface area contributed by atoms with Gasteiger partial charge in [0.15, 0.2) is 0 Å². The van der Waals surface area contributed by atoms with Gasteiger partial charge in [0, 0.05) is 13.1 Å². The normalized spacial score (nSPS) is 25.3. The number of halogens is 1. The lowest BCUT2D eigenvalue weighted by Gasteiger charge is -2.40. The third-order valence-electron chi connectivity index (χ3n) is 3.63. The first-order chi connectivity index (χ1) is 8.67. The minimum Gasteiger partial charge on any atom is -0.374 e. The van der Waals surface area contributed by atoms with Crippen molar-refractivity contribution >= 4 is 0 Å². The summed E-state index contributed by atoms with van der Waals surface area (Å²) in [5.74, 6) is -0.162. The third-order valence-corrected chi connectivity index (χ3v) is 3.63. The number of ether oxygens (including phenoxy) is 1. The molecule has 2 rings (SSSR count). The number of nitrogens with two attached hydrogens (primary N) is 1. The Labute approximate surface area is 108 Å². The van der Waals surface area contributed by atoms with Crippen molar-refractivity contribution in [2.24, 2.45) is 5.73 Å². The number of benzene rings is 1. The number of likely N-dealkylation sites (N-methyl/N-ethyl adjacent to an activating group) is 1. The molecule has 100 valence electrons. The Morgan fingerprint density at radius 1 is 1.50 bits per heavy atom. The summed E-state index contributed by atoms with van der Waals surface area (Å²) in [5, 5.41) is 0. The van der Waals surface area contributed by atoms with Gasteiger partial charge in [-0.25, -0.2) is 4.39 Å². The molecule has 0 aromatic heterocycles. The summed E-state index contributed by atoms with van der Waals surface area (Å²) in [6.45, 7) is 6.81. The average Bonchev–Trinajstić information content (AvgIpc) is 2.41. The standard InChI is InChI=1S/C14H21FN2O/c1-3-17-6-7-18-13(9-16)14(17)11-5-4-10(2)12(15)8-11/h4-5,8,13-14H,3,6-7,9,16H2,1-2H3. The zero-order valence-electron chi connectivity index (χ0n) is 11.0. The van der Waals surface area contributed by atoms with Gasteiger partial charge in [-0.1, -0.05) is 19.1 Å². The molecule has 1 heterocycles. The van der Waals surface area contributed by atoms with Gasteiger partial charge in [-0.2, -0.15) is 0 Å². The van der Waals surface area contributed by atoms with Gasteiger partial charge in [-0.3, -0.25) is 4.90 Å². The van der Waals surface area contributed by atoms with E-state index in [0.29, 0.717) is 18.7 Å². The summed E-state index contributed by atoms with van der Waals surface area (Å²) in [7, 11) is 0. The minimum absolute atomic E-state index is 0.0548. The Bertz CT molecular complexity index is 399. The molecule has 4 heteroatoms. The monoisotopic (exact) mass is 252 g/mol. The van der Waals surface area contributed by atoms with Crippen LogP contribution in [0.15, 0.2) is 18.2 Å². The quantitative estimate of drug-likeness (QED) is 0.892. The van der Waals surface area contributed by atoms with Gasteiger partial charge in [0.05, 0.1) is 18.8 Å². The second-order valence-corrected chi connectivity index (χ2v) is 4.73. The molecule has 1 aromatic rings. The molecular weight excluding hydrogens is 231 g/mol. The van der Waals surface area contributed by atoms with Gasteiger partial charge in [0.25, 0.3) is 0 Å². The van der Waals surface area contributed by atoms with E-state index in [1.807, 2.05) is 12.1 Å². The van der Waals surface area contributed by atoms with Crippen LogP contribution in [0.3, 0.4) is 0 Å². The van der Waals surface area contributed by atoms with Crippen LogP contribution in [0.2, 0.25) is 0 Å². The number of rotatable bonds is 3. The Morgan fingerprint density at radius 3 is 2.89 bits per heavy atom. The molecule has 0 radical (unpaired) electrons. The number of morpholine rings is 1. The van der Waals surface area contributed by atoms with E-state index in [2.05, 4.69) is 11.8 Å². The van der Waals surface area contributed by atoms with Crippen molar-refractivity contribution in [2.45, 2.75) is 26.0 Å². The molecule has 1 saturated heterocycles. The van der Waals surface area contributed by atoms with Gasteiger partial charge in [-0.15, -0.1) is 0 Å². The van der Waals surface area contributed by atoms with Crippen molar-refractivity contribution < 1.29 is 9.13 Å². The van der Waals surface area contributed by atoms with E-state index in [-0.39, 0.29) is 18.0 Å². The van der Waals surface area contributed by atoms with E-state index < -0.39 is 0 Å². The summed E-state index contributed by atoms with van der Waals surface area (Å²) < 4.78 is 19.4. The number of aryl methyl sites for hydroxylation is 1. The molecule has 0 aliphatic carbocycles. The molecule has 1 fully saturated rings. The molecule has 3 nitrogen and oxygen atoms in total. The summed E-state index contributed by atoms with van der Waals surface area (Å²) >= 11 is 0. The first kappa shape index (κ1) is 13.5. The average molecular weight is 252 g/mol. The smallest absolute Gasteiger partial charge is 0.126 e. The topological polar surface area (TPSA) is 38.5 Å². The zero-order chi connectivity index (χ0) is 13.1. The highest BCUT2D eigenvalue weighted by molar-refractivity contribution is 5.27. The maximum atomic E-state index is 13.7. The summed E-state index contributed by atoms with van der Waals surface area (Å²) in [6.07, 6.45) is -0.0548. The number of hydrogen-bond acceptors (Lipinski definition) is 3. The zero-order valence-corrected chi connectivity index (χ0v) is 11.0. The van der Waals surface area contributed by atoms with Crippen LogP contribution < -0.4 is 5.73 Å². The van der Waals surface area contributed by atoms with Crippen molar-refractivity contribution in [3.05, 3.63) is 35.1 Å². The van der Waals surface area contributed by atoms with Crippen LogP contribution in [0.5, 0.6) is 0 Å². The van der Waals surface area contributed by atoms with Gasteiger partial charge < -0.3 is 10.5 Å². The molecule has 0 amide bonds. The van der Waals surface area contributed by atoms with Crippen LogP contribution in [-0.2, 0) is 4.74 Å². The van der Waals surface area contributed by atoms with Gasteiger partial charge in [0.2, 0.25) is 0 Å². The Hall–Kier alpha value is -0.970. The molecule has 0 spiro atoms. The Kier molecular flexibility index (Phi) is 4.32. The van der Waals surface area contributed by atoms with E-state index in [1.54, 1.807) is 13.0 Å². The van der Waals surface area contributed by atoms with Crippen LogP contribution in [0.1, 0.15) is 24.1 Å². The predicted molar refractivity (Wildman–Crippen MR) is 69.9 cm³/mol. The fraction of sp³-hybridized carbons (Fsp3) is 0.571. The molecule has 2 atom stereocenters. The minimum atomic E-state index is -0.162. The molecule has 1 aromatic carbocycles. The van der Waals surface area contributed by atoms with E-state index in [4.69, 9.17) is 10.5 Å². The summed E-state index contributed by atoms with van der Waals surface area (Å²) in [4.78, 5) is 2.30. The van der Waals surface area contributed by atoms with E-state index in [0.717, 1.165) is 18.7 Å². The molecule has 18 heavy (non-hydrogen) atoms. The van der Waals surface area contributed by atoms with Crippen molar-refractivity contribution in [1.82, 2.24) is 4.90 Å². The van der Waals surface area contributed by atoms with Gasteiger partial charge in [0.1, 0.15) is 5.82 Å². The molecular formula is C14H21FN2O. The summed E-state index contributed by atoms with van der Waals surface area (Å²) in [5.41, 5.74) is 7.39. The Balaban J connectivity index is 2.32. The fourth-order valence-electron chi connectivity index (χ4n) is 2.56. The first-order valence-corrected chi connectivity index (χ1v) is 6.49. The van der Waals surface area contributed by atoms with Crippen molar-refractivity contribution in [3.63, 3.8) is 0 Å². The molecule has 2 N–H and O–H groups in total. The highest BCUT2D eigenvalue weighted by atomic mass is 19.1. The number of nitrogens with zero attached hydrogens (tertiary/aromatic N) is 1. The number of hydrogen-bond donors (Lipinski definition) is 1. The van der Waals surface area contributed by atoms with E-state index in [1.165, 1.54) is 0 Å². The Morgan fingerprint density at radius 2 is 2.28 bits per heavy atom. The van der Waals surface area contributed by atoms with E-state index in [9.17, 15) is 4.39 Å². The largest absolute Gasteiger partial charge is 0.374 e. The van der Waals surface area contributed by atoms with Crippen molar-refractivity contribution in [2.75, 3.05) is 26.2 Å². The second-order valence-electron chi connectivity index (χ2n) is 4.73. The van der Waals surface area contributed by atoms with Gasteiger partial charge >= 0.3 is 0 Å². The third kappa shape index (κ3) is 2.55. The lowest BCUT2D eigenvalue weighted by atomic mass is 9.97. The van der Waals surface area contributed by atoms with Crippen molar-refractivity contribution in [1.29, 1.82) is 0 Å². The van der Waals surface area contributed by atoms with Crippen LogP contribution >= 0.6 is 0 Å². The maximum absolute atomic E-state index is 13.7. The second kappa shape index (κ2) is 5.78. The molecule has 1 aliphatic rings. The lowest BCUT2D eigenvalue weighted by Crippen LogP contribution is -2.48. The molecule has 2 unspecified atom stereocenters. The van der Waals surface area contributed by atoms with Gasteiger partial charge in [-0.05, 0) is 30.7 Å². The summed E-state index contributed by atoms with van der Waals surface area (Å²) in [6, 6.07) is 5.47. The van der Waals surface area contributed by atoms with Crippen molar-refractivity contribution in [3.8, 4) is 0 Å². The van der Waals surface area contributed by atoms with Crippen LogP contribution in [0.25, 0.3) is 0 Å². The maximum Gasteiger partial charge on any atom is 0.126 e. The SMILES string of the molecule is CCN1CCOC(CN)C1c1ccc(C)c(F)c1. The molecule has 0 bridgehead atoms. The highest BCUT2D eigenvalue weighted by Crippen LogP contribution is 2.29.